The van der Waals surface area contributed by atoms with Gasteiger partial charge in [-0.3, -0.25) is 4.79 Å². The van der Waals surface area contributed by atoms with Crippen molar-refractivity contribution < 1.29 is 46.1 Å². The number of carbonyl (C=O) groups is 1. The van der Waals surface area contributed by atoms with E-state index in [1.54, 1.807) is 18.2 Å². The third-order valence-corrected chi connectivity index (χ3v) is 5.76. The smallest absolute Gasteiger partial charge is 0.453 e. The maximum absolute atomic E-state index is 13.8. The van der Waals surface area contributed by atoms with Gasteiger partial charge in [0.15, 0.2) is 11.5 Å². The molecule has 0 N–H and O–H groups in total. The lowest BCUT2D eigenvalue weighted by atomic mass is 10.1. The average Bonchev–Trinajstić information content (AvgIpc) is 2.93. The maximum atomic E-state index is 13.8. The summed E-state index contributed by atoms with van der Waals surface area (Å²) in [4.78, 5) is 25.4. The molecule has 0 spiro atoms. The number of hydrogen-bond donors (Lipinski definition) is 0. The Morgan fingerprint density at radius 3 is 2.17 bits per heavy atom. The van der Waals surface area contributed by atoms with Crippen molar-refractivity contribution in [1.82, 2.24) is 0 Å². The second-order valence-corrected chi connectivity index (χ2v) is 8.40. The standard InChI is InChI=1S/C28H20ClF3O8/c1-35-21-12-15(13-22(36-2)25(21)37-3)8-11-23(33)38-16-9-10-17-20(14-16)40-27(28(30,31)32)26(24(17)34)39-19-7-5-4-6-18(19)29/h4-14H,1-3H3. The van der Waals surface area contributed by atoms with Crippen LogP contribution in [-0.4, -0.2) is 27.3 Å². The Kier molecular flexibility index (Phi) is 8.24. The molecule has 0 atom stereocenters. The van der Waals surface area contributed by atoms with E-state index in [4.69, 9.17) is 39.7 Å². The highest BCUT2D eigenvalue weighted by Gasteiger charge is 2.40. The zero-order chi connectivity index (χ0) is 29.0. The minimum absolute atomic E-state index is 0.00281. The van der Waals surface area contributed by atoms with Crippen LogP contribution in [0.1, 0.15) is 11.3 Å². The predicted octanol–water partition coefficient (Wildman–Crippen LogP) is 6.90. The summed E-state index contributed by atoms with van der Waals surface area (Å²) in [6, 6.07) is 12.3. The third kappa shape index (κ3) is 5.99. The molecule has 208 valence electrons. The molecule has 0 aliphatic rings. The van der Waals surface area contributed by atoms with Crippen molar-refractivity contribution in [3.63, 3.8) is 0 Å². The van der Waals surface area contributed by atoms with Crippen LogP contribution in [0.2, 0.25) is 5.02 Å². The van der Waals surface area contributed by atoms with Crippen molar-refractivity contribution in [1.29, 1.82) is 0 Å². The summed E-state index contributed by atoms with van der Waals surface area (Å²) in [5.74, 6) is -2.85. The van der Waals surface area contributed by atoms with Crippen LogP contribution in [0.15, 0.2) is 69.9 Å². The number of carbonyl (C=O) groups excluding carboxylic acids is 1. The molecular weight excluding hydrogens is 557 g/mol. The molecule has 1 heterocycles. The van der Waals surface area contributed by atoms with Gasteiger partial charge in [-0.15, -0.1) is 0 Å². The average molecular weight is 577 g/mol. The monoisotopic (exact) mass is 576 g/mol. The molecule has 8 nitrogen and oxygen atoms in total. The summed E-state index contributed by atoms with van der Waals surface area (Å²) < 4.78 is 72.7. The molecule has 0 saturated heterocycles. The number of alkyl halides is 3. The first kappa shape index (κ1) is 28.4. The van der Waals surface area contributed by atoms with E-state index in [0.717, 1.165) is 18.2 Å². The van der Waals surface area contributed by atoms with E-state index >= 15 is 0 Å². The molecule has 0 unspecified atom stereocenters. The van der Waals surface area contributed by atoms with Crippen LogP contribution in [0, 0.1) is 0 Å². The van der Waals surface area contributed by atoms with Gasteiger partial charge in [-0.1, -0.05) is 23.7 Å². The van der Waals surface area contributed by atoms with Gasteiger partial charge in [0.05, 0.1) is 31.7 Å². The van der Waals surface area contributed by atoms with E-state index in [1.165, 1.54) is 51.7 Å². The van der Waals surface area contributed by atoms with Gasteiger partial charge in [0.25, 0.3) is 5.76 Å². The SMILES string of the molecule is COc1cc(C=CC(=O)Oc2ccc3c(=O)c(Oc4ccccc4Cl)c(C(F)(F)F)oc3c2)cc(OC)c1OC. The summed E-state index contributed by atoms with van der Waals surface area (Å²) >= 11 is 5.98. The van der Waals surface area contributed by atoms with Gasteiger partial charge in [0.1, 0.15) is 17.1 Å². The van der Waals surface area contributed by atoms with Crippen molar-refractivity contribution in [3.05, 3.63) is 87.2 Å². The number of methoxy groups -OCH3 is 3. The summed E-state index contributed by atoms with van der Waals surface area (Å²) in [5.41, 5.74) is -1.05. The molecule has 0 radical (unpaired) electrons. The molecule has 0 aliphatic heterocycles. The van der Waals surface area contributed by atoms with Crippen LogP contribution < -0.4 is 29.1 Å². The lowest BCUT2D eigenvalue weighted by molar-refractivity contribution is -0.154. The van der Waals surface area contributed by atoms with E-state index in [1.807, 2.05) is 0 Å². The van der Waals surface area contributed by atoms with Gasteiger partial charge in [0, 0.05) is 12.1 Å². The lowest BCUT2D eigenvalue weighted by Crippen LogP contribution is -2.15. The van der Waals surface area contributed by atoms with Crippen LogP contribution in [-0.2, 0) is 11.0 Å². The highest BCUT2D eigenvalue weighted by Crippen LogP contribution is 2.40. The Bertz CT molecular complexity index is 1640. The first-order valence-electron chi connectivity index (χ1n) is 11.4. The minimum atomic E-state index is -5.08. The third-order valence-electron chi connectivity index (χ3n) is 5.45. The molecule has 0 bridgehead atoms. The Balaban J connectivity index is 1.64. The number of ether oxygens (including phenoxy) is 5. The molecule has 3 aromatic carbocycles. The van der Waals surface area contributed by atoms with Gasteiger partial charge in [-0.05, 0) is 48.0 Å². The number of benzene rings is 3. The van der Waals surface area contributed by atoms with Crippen molar-refractivity contribution in [2.45, 2.75) is 6.18 Å². The van der Waals surface area contributed by atoms with Gasteiger partial charge < -0.3 is 28.1 Å². The molecule has 40 heavy (non-hydrogen) atoms. The second kappa shape index (κ2) is 11.6. The largest absolute Gasteiger partial charge is 0.493 e. The molecule has 4 rings (SSSR count). The topological polar surface area (TPSA) is 93.4 Å². The Morgan fingerprint density at radius 1 is 0.900 bits per heavy atom. The highest BCUT2D eigenvalue weighted by molar-refractivity contribution is 6.32. The van der Waals surface area contributed by atoms with Gasteiger partial charge in [-0.2, -0.15) is 13.2 Å². The molecular formula is C28H20ClF3O8. The number of esters is 1. The second-order valence-electron chi connectivity index (χ2n) is 7.99. The Morgan fingerprint density at radius 2 is 1.57 bits per heavy atom. The fraction of sp³-hybridized carbons (Fsp3) is 0.143. The zero-order valence-electron chi connectivity index (χ0n) is 21.1. The summed E-state index contributed by atoms with van der Waals surface area (Å²) in [5, 5.41) is -0.236. The van der Waals surface area contributed by atoms with Crippen molar-refractivity contribution in [2.24, 2.45) is 0 Å². The highest BCUT2D eigenvalue weighted by atomic mass is 35.5. The van der Waals surface area contributed by atoms with E-state index < -0.39 is 34.7 Å². The molecule has 0 amide bonds. The predicted molar refractivity (Wildman–Crippen MR) is 140 cm³/mol. The minimum Gasteiger partial charge on any atom is -0.493 e. The molecule has 1 aromatic heterocycles. The number of halogens is 4. The van der Waals surface area contributed by atoms with Crippen molar-refractivity contribution in [2.75, 3.05) is 21.3 Å². The number of hydrogen-bond acceptors (Lipinski definition) is 8. The first-order chi connectivity index (χ1) is 19.0. The molecule has 4 aromatic rings. The quantitative estimate of drug-likeness (QED) is 0.127. The van der Waals surface area contributed by atoms with Gasteiger partial charge in [-0.25, -0.2) is 4.79 Å². The maximum Gasteiger partial charge on any atom is 0.453 e. The summed E-state index contributed by atoms with van der Waals surface area (Å²) in [6.45, 7) is 0. The van der Waals surface area contributed by atoms with Crippen LogP contribution in [0.3, 0.4) is 0 Å². The number of rotatable bonds is 8. The normalized spacial score (nSPS) is 11.5. The Labute approximate surface area is 230 Å². The van der Waals surface area contributed by atoms with E-state index in [-0.39, 0.29) is 21.9 Å². The van der Waals surface area contributed by atoms with Crippen LogP contribution in [0.25, 0.3) is 17.0 Å². The molecule has 0 saturated carbocycles. The first-order valence-corrected chi connectivity index (χ1v) is 11.7. The molecule has 0 aliphatic carbocycles. The summed E-state index contributed by atoms with van der Waals surface area (Å²) in [6.07, 6.45) is -2.59. The fourth-order valence-corrected chi connectivity index (χ4v) is 3.82. The fourth-order valence-electron chi connectivity index (χ4n) is 3.65. The van der Waals surface area contributed by atoms with Gasteiger partial charge in [0.2, 0.25) is 16.9 Å². The van der Waals surface area contributed by atoms with Crippen LogP contribution in [0.5, 0.6) is 34.5 Å². The van der Waals surface area contributed by atoms with Crippen molar-refractivity contribution in [3.8, 4) is 34.5 Å². The Hall–Kier alpha value is -4.64. The van der Waals surface area contributed by atoms with Gasteiger partial charge >= 0.3 is 12.1 Å². The molecule has 0 fully saturated rings. The van der Waals surface area contributed by atoms with Crippen LogP contribution >= 0.6 is 11.6 Å². The van der Waals surface area contributed by atoms with E-state index in [0.29, 0.717) is 22.8 Å². The van der Waals surface area contributed by atoms with Crippen LogP contribution in [0.4, 0.5) is 13.2 Å². The zero-order valence-corrected chi connectivity index (χ0v) is 21.9. The summed E-state index contributed by atoms with van der Waals surface area (Å²) in [7, 11) is 4.32. The van der Waals surface area contributed by atoms with Crippen molar-refractivity contribution >= 4 is 34.6 Å². The number of fused-ring (bicyclic) bond motifs is 1. The van der Waals surface area contributed by atoms with E-state index in [2.05, 4.69) is 0 Å². The van der Waals surface area contributed by atoms with E-state index in [9.17, 15) is 22.8 Å². The number of para-hydroxylation sites is 1. The molecule has 12 heteroatoms. The lowest BCUT2D eigenvalue weighted by Gasteiger charge is -2.14.